The van der Waals surface area contributed by atoms with Gasteiger partial charge in [-0.25, -0.2) is 0 Å². The van der Waals surface area contributed by atoms with Crippen LogP contribution in [0, 0.1) is 6.07 Å². The van der Waals surface area contributed by atoms with Crippen LogP contribution in [0.2, 0.25) is 0 Å². The van der Waals surface area contributed by atoms with Gasteiger partial charge >= 0.3 is 6.18 Å². The van der Waals surface area contributed by atoms with Crippen LogP contribution in [0.3, 0.4) is 0 Å². The zero-order chi connectivity index (χ0) is 12.5. The van der Waals surface area contributed by atoms with Gasteiger partial charge in [-0.05, 0) is 40.2 Å². The first-order valence-electron chi connectivity index (χ1n) is 4.68. The largest absolute Gasteiger partial charge is 0.417 e. The molecule has 1 heterocycles. The van der Waals surface area contributed by atoms with Crippen molar-refractivity contribution in [3.8, 4) is 11.3 Å². The maximum absolute atomic E-state index is 12.5. The Labute approximate surface area is 104 Å². The number of hydrogen-bond acceptors (Lipinski definition) is 1. The lowest BCUT2D eigenvalue weighted by Crippen LogP contribution is -2.05. The predicted octanol–water partition coefficient (Wildman–Crippen LogP) is 4.33. The second-order valence-electron chi connectivity index (χ2n) is 3.32. The normalized spacial score (nSPS) is 11.5. The molecule has 0 unspecified atom stereocenters. The van der Waals surface area contributed by atoms with Gasteiger partial charge in [0, 0.05) is 16.2 Å². The van der Waals surface area contributed by atoms with Crippen molar-refractivity contribution in [2.75, 3.05) is 0 Å². The molecular weight excluding hydrogens is 295 g/mol. The fourth-order valence-corrected chi connectivity index (χ4v) is 1.86. The Hall–Kier alpha value is -1.36. The van der Waals surface area contributed by atoms with E-state index in [0.717, 1.165) is 6.07 Å². The van der Waals surface area contributed by atoms with E-state index in [-0.39, 0.29) is 0 Å². The molecule has 1 radical (unpaired) electrons. The van der Waals surface area contributed by atoms with E-state index in [1.165, 1.54) is 12.3 Å². The molecule has 2 aromatic rings. The molecule has 87 valence electrons. The molecule has 0 bridgehead atoms. The lowest BCUT2D eigenvalue weighted by molar-refractivity contribution is -0.137. The quantitative estimate of drug-likeness (QED) is 0.764. The maximum atomic E-state index is 12.5. The Bertz CT molecular complexity index is 537. The smallest absolute Gasteiger partial charge is 0.255 e. The third-order valence-corrected chi connectivity index (χ3v) is 2.78. The van der Waals surface area contributed by atoms with Crippen molar-refractivity contribution < 1.29 is 13.2 Å². The van der Waals surface area contributed by atoms with Crippen LogP contribution in [0.15, 0.2) is 41.0 Å². The first kappa shape index (κ1) is 12.1. The van der Waals surface area contributed by atoms with Crippen LogP contribution in [-0.2, 0) is 6.18 Å². The summed E-state index contributed by atoms with van der Waals surface area (Å²) in [6.45, 7) is 0. The summed E-state index contributed by atoms with van der Waals surface area (Å²) < 4.78 is 38.2. The molecule has 17 heavy (non-hydrogen) atoms. The molecule has 0 saturated heterocycles. The number of benzene rings is 1. The Kier molecular flexibility index (Phi) is 3.19. The summed E-state index contributed by atoms with van der Waals surface area (Å²) in [6, 6.07) is 9.43. The van der Waals surface area contributed by atoms with Crippen LogP contribution in [0.4, 0.5) is 13.2 Å². The minimum absolute atomic E-state index is 0.406. The van der Waals surface area contributed by atoms with Crippen molar-refractivity contribution in [2.24, 2.45) is 0 Å². The Morgan fingerprint density at radius 3 is 2.65 bits per heavy atom. The molecule has 0 fully saturated rings. The van der Waals surface area contributed by atoms with Crippen molar-refractivity contribution in [1.29, 1.82) is 0 Å². The molecule has 0 atom stereocenters. The van der Waals surface area contributed by atoms with Gasteiger partial charge in [0.1, 0.15) is 0 Å². The first-order chi connectivity index (χ1) is 7.98. The fourth-order valence-electron chi connectivity index (χ4n) is 1.38. The highest BCUT2D eigenvalue weighted by Crippen LogP contribution is 2.33. The summed E-state index contributed by atoms with van der Waals surface area (Å²) in [5.74, 6) is 0. The van der Waals surface area contributed by atoms with E-state index >= 15 is 0 Å². The van der Waals surface area contributed by atoms with Gasteiger partial charge in [-0.1, -0.05) is 12.1 Å². The second kappa shape index (κ2) is 4.49. The zero-order valence-corrected chi connectivity index (χ0v) is 10.0. The molecule has 0 aliphatic heterocycles. The summed E-state index contributed by atoms with van der Waals surface area (Å²) in [6.07, 6.45) is -2.86. The molecule has 1 aromatic heterocycles. The highest BCUT2D eigenvalue weighted by molar-refractivity contribution is 9.10. The average Bonchev–Trinajstić information content (AvgIpc) is 2.29. The molecule has 1 nitrogen and oxygen atoms in total. The lowest BCUT2D eigenvalue weighted by atomic mass is 10.1. The number of rotatable bonds is 1. The Morgan fingerprint density at radius 2 is 2.00 bits per heavy atom. The minimum Gasteiger partial charge on any atom is -0.255 e. The number of nitrogens with zero attached hydrogens (tertiary/aromatic N) is 1. The monoisotopic (exact) mass is 300 g/mol. The summed E-state index contributed by atoms with van der Waals surface area (Å²) in [4.78, 5) is 4.04. The highest BCUT2D eigenvalue weighted by atomic mass is 79.9. The predicted molar refractivity (Wildman–Crippen MR) is 61.2 cm³/mol. The topological polar surface area (TPSA) is 12.9 Å². The van der Waals surface area contributed by atoms with Crippen molar-refractivity contribution in [1.82, 2.24) is 4.98 Å². The Morgan fingerprint density at radius 1 is 1.24 bits per heavy atom. The van der Waals surface area contributed by atoms with Crippen LogP contribution in [0.25, 0.3) is 11.3 Å². The van der Waals surface area contributed by atoms with Crippen LogP contribution >= 0.6 is 15.9 Å². The van der Waals surface area contributed by atoms with E-state index in [2.05, 4.69) is 27.0 Å². The van der Waals surface area contributed by atoms with E-state index in [9.17, 15) is 13.2 Å². The van der Waals surface area contributed by atoms with Crippen molar-refractivity contribution in [3.63, 3.8) is 0 Å². The van der Waals surface area contributed by atoms with Gasteiger partial charge < -0.3 is 0 Å². The molecule has 0 amide bonds. The highest BCUT2D eigenvalue weighted by Gasteiger charge is 2.30. The van der Waals surface area contributed by atoms with Crippen molar-refractivity contribution >= 4 is 15.9 Å². The molecule has 0 N–H and O–H groups in total. The molecule has 5 heteroatoms. The molecule has 1 aromatic carbocycles. The Balaban J connectivity index is 2.51. The third-order valence-electron chi connectivity index (χ3n) is 2.14. The van der Waals surface area contributed by atoms with Gasteiger partial charge in [0.05, 0.1) is 11.3 Å². The summed E-state index contributed by atoms with van der Waals surface area (Å²) in [7, 11) is 0. The van der Waals surface area contributed by atoms with Crippen LogP contribution < -0.4 is 0 Å². The minimum atomic E-state index is -4.39. The molecule has 2 rings (SSSR count). The van der Waals surface area contributed by atoms with Gasteiger partial charge in [-0.15, -0.1) is 0 Å². The summed E-state index contributed by atoms with van der Waals surface area (Å²) in [5, 5.41) is 0. The molecule has 0 aliphatic rings. The lowest BCUT2D eigenvalue weighted by Gasteiger charge is -2.08. The number of aromatic nitrogens is 1. The molecular formula is C12H6BrF3N. The SMILES string of the molecule is FC(F)(F)c1[c]ccc(-c2ncccc2Br)c1. The second-order valence-corrected chi connectivity index (χ2v) is 4.18. The van der Waals surface area contributed by atoms with E-state index in [0.29, 0.717) is 15.7 Å². The molecule has 0 saturated carbocycles. The van der Waals surface area contributed by atoms with Gasteiger partial charge in [0.25, 0.3) is 0 Å². The van der Waals surface area contributed by atoms with Crippen molar-refractivity contribution in [2.45, 2.75) is 6.18 Å². The van der Waals surface area contributed by atoms with Crippen molar-refractivity contribution in [3.05, 3.63) is 52.6 Å². The van der Waals surface area contributed by atoms with E-state index < -0.39 is 11.7 Å². The van der Waals surface area contributed by atoms with E-state index in [1.807, 2.05) is 0 Å². The number of hydrogen-bond donors (Lipinski definition) is 0. The molecule has 0 spiro atoms. The van der Waals surface area contributed by atoms with Crippen LogP contribution in [-0.4, -0.2) is 4.98 Å². The van der Waals surface area contributed by atoms with Gasteiger partial charge in [0.2, 0.25) is 0 Å². The maximum Gasteiger partial charge on any atom is 0.417 e. The summed E-state index contributed by atoms with van der Waals surface area (Å²) in [5.41, 5.74) is 0.0862. The zero-order valence-electron chi connectivity index (χ0n) is 8.42. The number of alkyl halides is 3. The fraction of sp³-hybridized carbons (Fsp3) is 0.0833. The van der Waals surface area contributed by atoms with E-state index in [1.54, 1.807) is 18.2 Å². The van der Waals surface area contributed by atoms with Crippen LogP contribution in [0.1, 0.15) is 5.56 Å². The van der Waals surface area contributed by atoms with Crippen LogP contribution in [0.5, 0.6) is 0 Å². The van der Waals surface area contributed by atoms with Gasteiger partial charge in [-0.3, -0.25) is 4.98 Å². The first-order valence-corrected chi connectivity index (χ1v) is 5.47. The van der Waals surface area contributed by atoms with Gasteiger partial charge in [0.15, 0.2) is 0 Å². The third kappa shape index (κ3) is 2.66. The van der Waals surface area contributed by atoms with Gasteiger partial charge in [-0.2, -0.15) is 13.2 Å². The average molecular weight is 301 g/mol. The standard InChI is InChI=1S/C12H6BrF3N/c13-10-5-2-6-17-11(10)8-3-1-4-9(7-8)12(14,15)16/h1-3,5-7H. The molecule has 0 aliphatic carbocycles. The number of halogens is 4. The van der Waals surface area contributed by atoms with E-state index in [4.69, 9.17) is 0 Å². The number of pyridine rings is 1. The summed E-state index contributed by atoms with van der Waals surface area (Å²) >= 11 is 3.25.